The van der Waals surface area contributed by atoms with E-state index in [0.29, 0.717) is 10.6 Å². The van der Waals surface area contributed by atoms with Crippen LogP contribution in [0.1, 0.15) is 42.5 Å². The third-order valence-electron chi connectivity index (χ3n) is 3.28. The highest BCUT2D eigenvalue weighted by atomic mass is 35.5. The van der Waals surface area contributed by atoms with E-state index in [0.717, 1.165) is 25.7 Å². The van der Waals surface area contributed by atoms with Gasteiger partial charge in [0.15, 0.2) is 5.78 Å². The summed E-state index contributed by atoms with van der Waals surface area (Å²) in [5.41, 5.74) is 0.507. The lowest BCUT2D eigenvalue weighted by Crippen LogP contribution is -2.18. The highest BCUT2D eigenvalue weighted by molar-refractivity contribution is 6.49. The molecule has 4 heteroatoms. The van der Waals surface area contributed by atoms with Crippen LogP contribution >= 0.6 is 34.8 Å². The second-order valence-electron chi connectivity index (χ2n) is 4.42. The summed E-state index contributed by atoms with van der Waals surface area (Å²) in [6.45, 7) is 0. The summed E-state index contributed by atoms with van der Waals surface area (Å²) >= 11 is 17.9. The molecule has 0 unspecified atom stereocenters. The number of rotatable bonds is 2. The lowest BCUT2D eigenvalue weighted by Gasteiger charge is -2.21. The fraction of sp³-hybridized carbons (Fsp3) is 0.462. The van der Waals surface area contributed by atoms with Crippen molar-refractivity contribution in [2.75, 3.05) is 0 Å². The molecule has 0 atom stereocenters. The lowest BCUT2D eigenvalue weighted by molar-refractivity contribution is 0.0889. The molecule has 1 fully saturated rings. The molecule has 1 aromatic carbocycles. The Bertz CT molecular complexity index is 437. The van der Waals surface area contributed by atoms with Crippen molar-refractivity contribution in [2.24, 2.45) is 5.92 Å². The van der Waals surface area contributed by atoms with Crippen molar-refractivity contribution in [3.63, 3.8) is 0 Å². The summed E-state index contributed by atoms with van der Waals surface area (Å²) in [5, 5.41) is 0.946. The number of benzene rings is 1. The molecule has 2 rings (SSSR count). The van der Waals surface area contributed by atoms with Gasteiger partial charge in [-0.3, -0.25) is 4.79 Å². The van der Waals surface area contributed by atoms with Crippen LogP contribution in [0.15, 0.2) is 12.1 Å². The SMILES string of the molecule is O=C(c1ccc(Cl)c(Cl)c1Cl)C1CCCCC1. The van der Waals surface area contributed by atoms with Crippen LogP contribution in [0.25, 0.3) is 0 Å². The van der Waals surface area contributed by atoms with Crippen LogP contribution in [0.4, 0.5) is 0 Å². The van der Waals surface area contributed by atoms with E-state index >= 15 is 0 Å². The first kappa shape index (κ1) is 13.2. The highest BCUT2D eigenvalue weighted by Gasteiger charge is 2.25. The summed E-state index contributed by atoms with van der Waals surface area (Å²) in [5.74, 6) is 0.201. The van der Waals surface area contributed by atoms with Gasteiger partial charge in [-0.1, -0.05) is 54.1 Å². The van der Waals surface area contributed by atoms with Crippen LogP contribution in [-0.2, 0) is 0 Å². The predicted octanol–water partition coefficient (Wildman–Crippen LogP) is 5.41. The maximum Gasteiger partial charge on any atom is 0.167 e. The zero-order valence-electron chi connectivity index (χ0n) is 9.31. The first-order valence-electron chi connectivity index (χ1n) is 5.79. The molecule has 1 aliphatic rings. The Labute approximate surface area is 116 Å². The van der Waals surface area contributed by atoms with Crippen molar-refractivity contribution in [2.45, 2.75) is 32.1 Å². The maximum absolute atomic E-state index is 12.3. The summed E-state index contributed by atoms with van der Waals surface area (Å²) in [6, 6.07) is 3.30. The van der Waals surface area contributed by atoms with Gasteiger partial charge in [0.1, 0.15) is 0 Å². The number of halogens is 3. The van der Waals surface area contributed by atoms with Gasteiger partial charge in [0.2, 0.25) is 0 Å². The van der Waals surface area contributed by atoms with E-state index in [4.69, 9.17) is 34.8 Å². The van der Waals surface area contributed by atoms with E-state index in [-0.39, 0.29) is 21.7 Å². The van der Waals surface area contributed by atoms with Crippen molar-refractivity contribution >= 4 is 40.6 Å². The van der Waals surface area contributed by atoms with Crippen molar-refractivity contribution in [1.82, 2.24) is 0 Å². The van der Waals surface area contributed by atoms with Crippen LogP contribution in [-0.4, -0.2) is 5.78 Å². The van der Waals surface area contributed by atoms with E-state index in [1.54, 1.807) is 12.1 Å². The molecule has 1 aromatic rings. The van der Waals surface area contributed by atoms with Crippen molar-refractivity contribution in [3.05, 3.63) is 32.8 Å². The number of ketones is 1. The minimum absolute atomic E-state index is 0.0958. The van der Waals surface area contributed by atoms with Crippen LogP contribution in [0.2, 0.25) is 15.1 Å². The van der Waals surface area contributed by atoms with E-state index in [1.807, 2.05) is 0 Å². The molecule has 1 aliphatic carbocycles. The highest BCUT2D eigenvalue weighted by Crippen LogP contribution is 2.35. The van der Waals surface area contributed by atoms with E-state index < -0.39 is 0 Å². The topological polar surface area (TPSA) is 17.1 Å². The average Bonchev–Trinajstić information content (AvgIpc) is 2.36. The molecular weight excluding hydrogens is 279 g/mol. The number of hydrogen-bond donors (Lipinski definition) is 0. The maximum atomic E-state index is 12.3. The molecule has 0 saturated heterocycles. The quantitative estimate of drug-likeness (QED) is 0.526. The van der Waals surface area contributed by atoms with Gasteiger partial charge in [-0.2, -0.15) is 0 Å². The first-order valence-corrected chi connectivity index (χ1v) is 6.92. The van der Waals surface area contributed by atoms with Gasteiger partial charge >= 0.3 is 0 Å². The summed E-state index contributed by atoms with van der Waals surface area (Å²) in [7, 11) is 0. The zero-order chi connectivity index (χ0) is 12.4. The smallest absolute Gasteiger partial charge is 0.167 e. The van der Waals surface area contributed by atoms with Gasteiger partial charge in [-0.05, 0) is 25.0 Å². The number of Topliss-reactive ketones (excluding diaryl/α,β-unsaturated/α-hetero) is 1. The molecule has 92 valence electrons. The van der Waals surface area contributed by atoms with Crippen LogP contribution in [0, 0.1) is 5.92 Å². The molecule has 0 spiro atoms. The van der Waals surface area contributed by atoms with Gasteiger partial charge in [-0.25, -0.2) is 0 Å². The molecule has 17 heavy (non-hydrogen) atoms. The Hall–Kier alpha value is -0.240. The Morgan fingerprint density at radius 1 is 1.00 bits per heavy atom. The monoisotopic (exact) mass is 290 g/mol. The van der Waals surface area contributed by atoms with Crippen LogP contribution < -0.4 is 0 Å². The molecule has 0 radical (unpaired) electrons. The van der Waals surface area contributed by atoms with E-state index in [2.05, 4.69) is 0 Å². The van der Waals surface area contributed by atoms with Crippen molar-refractivity contribution < 1.29 is 4.79 Å². The Balaban J connectivity index is 2.27. The molecule has 0 bridgehead atoms. The molecule has 0 N–H and O–H groups in total. The number of carbonyl (C=O) groups excluding carboxylic acids is 1. The van der Waals surface area contributed by atoms with Gasteiger partial charge in [0.25, 0.3) is 0 Å². The van der Waals surface area contributed by atoms with E-state index in [1.165, 1.54) is 6.42 Å². The average molecular weight is 292 g/mol. The third kappa shape index (κ3) is 2.78. The van der Waals surface area contributed by atoms with Gasteiger partial charge in [-0.15, -0.1) is 0 Å². The summed E-state index contributed by atoms with van der Waals surface area (Å²) in [4.78, 5) is 12.3. The van der Waals surface area contributed by atoms with Crippen LogP contribution in [0.3, 0.4) is 0 Å². The molecule has 0 aromatic heterocycles. The second kappa shape index (κ2) is 5.60. The lowest BCUT2D eigenvalue weighted by atomic mass is 9.84. The number of carbonyl (C=O) groups is 1. The minimum Gasteiger partial charge on any atom is -0.294 e. The van der Waals surface area contributed by atoms with Gasteiger partial charge in [0, 0.05) is 11.5 Å². The fourth-order valence-corrected chi connectivity index (χ4v) is 2.93. The Morgan fingerprint density at radius 2 is 1.65 bits per heavy atom. The Kier molecular flexibility index (Phi) is 4.35. The summed E-state index contributed by atoms with van der Waals surface area (Å²) in [6.07, 6.45) is 5.37. The minimum atomic E-state index is 0.0958. The fourth-order valence-electron chi connectivity index (χ4n) is 2.30. The van der Waals surface area contributed by atoms with Gasteiger partial charge in [0.05, 0.1) is 15.1 Å². The largest absolute Gasteiger partial charge is 0.294 e. The van der Waals surface area contributed by atoms with E-state index in [9.17, 15) is 4.79 Å². The Morgan fingerprint density at radius 3 is 2.29 bits per heavy atom. The predicted molar refractivity (Wildman–Crippen MR) is 72.4 cm³/mol. The summed E-state index contributed by atoms with van der Waals surface area (Å²) < 4.78 is 0. The molecule has 0 heterocycles. The molecule has 0 amide bonds. The zero-order valence-corrected chi connectivity index (χ0v) is 11.6. The molecular formula is C13H13Cl3O. The second-order valence-corrected chi connectivity index (χ2v) is 5.59. The normalized spacial score (nSPS) is 17.1. The van der Waals surface area contributed by atoms with Gasteiger partial charge < -0.3 is 0 Å². The molecule has 0 aliphatic heterocycles. The molecule has 1 saturated carbocycles. The molecule has 1 nitrogen and oxygen atoms in total. The van der Waals surface area contributed by atoms with Crippen molar-refractivity contribution in [3.8, 4) is 0 Å². The third-order valence-corrected chi connectivity index (χ3v) is 4.57. The number of hydrogen-bond acceptors (Lipinski definition) is 1. The van der Waals surface area contributed by atoms with Crippen LogP contribution in [0.5, 0.6) is 0 Å². The first-order chi connectivity index (χ1) is 8.11. The standard InChI is InChI=1S/C13H13Cl3O/c14-10-7-6-9(11(15)12(10)16)13(17)8-4-2-1-3-5-8/h6-8H,1-5H2. The van der Waals surface area contributed by atoms with Crippen molar-refractivity contribution in [1.29, 1.82) is 0 Å².